The molecule has 0 spiro atoms. The Balaban J connectivity index is 0.000000346. The molecule has 0 bridgehead atoms. The van der Waals surface area contributed by atoms with E-state index < -0.39 is 18.6 Å². The van der Waals surface area contributed by atoms with Crippen molar-refractivity contribution in [1.82, 2.24) is 5.34 Å². The summed E-state index contributed by atoms with van der Waals surface area (Å²) in [5.41, 5.74) is 11.2. The summed E-state index contributed by atoms with van der Waals surface area (Å²) in [6, 6.07) is 17.5. The fourth-order valence-electron chi connectivity index (χ4n) is 1.43. The Morgan fingerprint density at radius 1 is 1.00 bits per heavy atom. The van der Waals surface area contributed by atoms with Gasteiger partial charge in [-0.1, -0.05) is 42.5 Å². The minimum Gasteiger partial charge on any atom is -0.397 e. The summed E-state index contributed by atoms with van der Waals surface area (Å²) in [7, 11) is 0. The van der Waals surface area contributed by atoms with Gasteiger partial charge in [-0.15, -0.1) is 8.96 Å². The predicted octanol–water partition coefficient (Wildman–Crippen LogP) is 3.84. The number of halogens is 3. The fourth-order valence-corrected chi connectivity index (χ4v) is 1.43. The zero-order valence-corrected chi connectivity index (χ0v) is 11.9. The van der Waals surface area contributed by atoms with Crippen molar-refractivity contribution in [2.24, 2.45) is 0 Å². The van der Waals surface area contributed by atoms with Crippen LogP contribution in [0.1, 0.15) is 5.56 Å². The van der Waals surface area contributed by atoms with Crippen LogP contribution in [0.5, 0.6) is 0 Å². The van der Waals surface area contributed by atoms with Crippen LogP contribution in [-0.4, -0.2) is 18.6 Å². The topological polar surface area (TPSA) is 50.5 Å². The summed E-state index contributed by atoms with van der Waals surface area (Å²) in [6.45, 7) is -1.28. The Kier molecular flexibility index (Phi) is 8.47. The zero-order valence-electron chi connectivity index (χ0n) is 11.9. The third-order valence-electron chi connectivity index (χ3n) is 2.48. The van der Waals surface area contributed by atoms with Crippen LogP contribution < -0.4 is 11.2 Å². The molecule has 2 aromatic carbocycles. The molecule has 0 saturated heterocycles. The highest BCUT2D eigenvalue weighted by atomic mass is 19.4. The van der Waals surface area contributed by atoms with E-state index in [0.29, 0.717) is 12.3 Å². The maximum Gasteiger partial charge on any atom is 0.107 e. The molecule has 0 aliphatic heterocycles. The largest absolute Gasteiger partial charge is 0.397 e. The second-order valence-electron chi connectivity index (χ2n) is 4.18. The van der Waals surface area contributed by atoms with E-state index in [9.17, 15) is 13.4 Å². The van der Waals surface area contributed by atoms with Crippen LogP contribution in [-0.2, 0) is 11.4 Å². The van der Waals surface area contributed by atoms with E-state index in [4.69, 9.17) is 10.6 Å². The molecular formula is C15H18F3N3O. The van der Waals surface area contributed by atoms with Gasteiger partial charge in [-0.3, -0.25) is 10.3 Å². The number of para-hydroxylation sites is 2. The number of hydrogen-bond acceptors (Lipinski definition) is 4. The van der Waals surface area contributed by atoms with Gasteiger partial charge in [0.15, 0.2) is 0 Å². The van der Waals surface area contributed by atoms with E-state index in [-0.39, 0.29) is 0 Å². The van der Waals surface area contributed by atoms with Crippen LogP contribution in [0.2, 0.25) is 0 Å². The molecule has 4 nitrogen and oxygen atoms in total. The molecule has 0 aliphatic rings. The number of benzene rings is 2. The maximum atomic E-state index is 10.7. The van der Waals surface area contributed by atoms with Crippen LogP contribution in [0, 0.1) is 0 Å². The van der Waals surface area contributed by atoms with Crippen LogP contribution >= 0.6 is 0 Å². The number of alkyl halides is 1. The van der Waals surface area contributed by atoms with E-state index in [1.807, 2.05) is 54.6 Å². The van der Waals surface area contributed by atoms with Gasteiger partial charge in [-0.2, -0.15) is 0 Å². The molecule has 0 radical (unpaired) electrons. The normalized spacial score (nSPS) is 10.0. The molecule has 0 aromatic heterocycles. The number of rotatable bonds is 6. The quantitative estimate of drug-likeness (QED) is 0.483. The monoisotopic (exact) mass is 313 g/mol. The third kappa shape index (κ3) is 7.51. The molecule has 0 aliphatic carbocycles. The third-order valence-corrected chi connectivity index (χ3v) is 2.48. The molecular weight excluding hydrogens is 295 g/mol. The molecule has 0 amide bonds. The molecule has 0 atom stereocenters. The molecule has 22 heavy (non-hydrogen) atoms. The smallest absolute Gasteiger partial charge is 0.107 e. The highest BCUT2D eigenvalue weighted by molar-refractivity contribution is 5.64. The number of nitrogens with two attached hydrogens (primary N) is 1. The van der Waals surface area contributed by atoms with Gasteiger partial charge in [0.05, 0.1) is 24.5 Å². The number of hydrogen-bond donors (Lipinski definition) is 2. The van der Waals surface area contributed by atoms with Crippen LogP contribution in [0.15, 0.2) is 54.6 Å². The summed E-state index contributed by atoms with van der Waals surface area (Å²) in [4.78, 5) is 5.36. The first-order chi connectivity index (χ1) is 10.6. The Hall–Kier alpha value is -2.25. The van der Waals surface area contributed by atoms with E-state index in [0.717, 1.165) is 11.3 Å². The fraction of sp³-hybridized carbons (Fsp3) is 0.200. The van der Waals surface area contributed by atoms with Crippen molar-refractivity contribution in [1.29, 1.82) is 0 Å². The number of nitrogen functional groups attached to an aromatic ring is 1. The van der Waals surface area contributed by atoms with Crippen molar-refractivity contribution in [3.05, 3.63) is 60.2 Å². The highest BCUT2D eigenvalue weighted by Gasteiger charge is 1.96. The highest BCUT2D eigenvalue weighted by Crippen LogP contribution is 2.16. The zero-order chi connectivity index (χ0) is 16.2. The van der Waals surface area contributed by atoms with Gasteiger partial charge in [0, 0.05) is 5.34 Å². The van der Waals surface area contributed by atoms with Crippen molar-refractivity contribution in [3.63, 3.8) is 0 Å². The second kappa shape index (κ2) is 10.5. The van der Waals surface area contributed by atoms with Crippen molar-refractivity contribution in [2.75, 3.05) is 24.4 Å². The average molecular weight is 313 g/mol. The molecule has 2 rings (SSSR count). The predicted molar refractivity (Wildman–Crippen MR) is 80.6 cm³/mol. The lowest BCUT2D eigenvalue weighted by atomic mass is 10.2. The van der Waals surface area contributed by atoms with Crippen LogP contribution in [0.4, 0.5) is 24.7 Å². The van der Waals surface area contributed by atoms with Gasteiger partial charge in [-0.25, -0.2) is 4.39 Å². The molecule has 3 N–H and O–H groups in total. The second-order valence-corrected chi connectivity index (χ2v) is 4.18. The number of anilines is 2. The molecule has 7 heteroatoms. The summed E-state index contributed by atoms with van der Waals surface area (Å²) in [6.07, 6.45) is 0. The van der Waals surface area contributed by atoms with Crippen molar-refractivity contribution >= 4 is 11.4 Å². The van der Waals surface area contributed by atoms with Crippen LogP contribution in [0.3, 0.4) is 0 Å². The number of nitrogens with one attached hydrogen (secondary N) is 1. The number of nitrogens with zero attached hydrogens (tertiary/aromatic N) is 1. The van der Waals surface area contributed by atoms with Gasteiger partial charge in [0.25, 0.3) is 0 Å². The lowest BCUT2D eigenvalue weighted by molar-refractivity contribution is -0.154. The summed E-state index contributed by atoms with van der Waals surface area (Å²) < 4.78 is 32.0. The van der Waals surface area contributed by atoms with E-state index in [1.54, 1.807) is 0 Å². The lowest BCUT2D eigenvalue weighted by Gasteiger charge is -2.08. The van der Waals surface area contributed by atoms with E-state index in [1.165, 1.54) is 0 Å². The van der Waals surface area contributed by atoms with Gasteiger partial charge in [0.1, 0.15) is 6.67 Å². The van der Waals surface area contributed by atoms with Crippen molar-refractivity contribution in [3.8, 4) is 0 Å². The SMILES string of the molecule is FCCN(F)F.Nc1ccccc1NOCc1ccccc1. The molecule has 0 heterocycles. The first-order valence-corrected chi connectivity index (χ1v) is 6.54. The molecule has 0 unspecified atom stereocenters. The molecule has 0 saturated carbocycles. The summed E-state index contributed by atoms with van der Waals surface area (Å²) in [5.74, 6) is 0. The van der Waals surface area contributed by atoms with Crippen LogP contribution in [0.25, 0.3) is 0 Å². The lowest BCUT2D eigenvalue weighted by Crippen LogP contribution is -2.03. The summed E-state index contributed by atoms with van der Waals surface area (Å²) in [5, 5.41) is -1.19. The van der Waals surface area contributed by atoms with Gasteiger partial charge in [-0.05, 0) is 17.7 Å². The van der Waals surface area contributed by atoms with Crippen molar-refractivity contribution < 1.29 is 18.2 Å². The van der Waals surface area contributed by atoms with Gasteiger partial charge in [0.2, 0.25) is 0 Å². The van der Waals surface area contributed by atoms with E-state index >= 15 is 0 Å². The Bertz CT molecular complexity index is 526. The molecule has 0 fully saturated rings. The average Bonchev–Trinajstić information content (AvgIpc) is 2.51. The Labute approximate surface area is 127 Å². The minimum atomic E-state index is -1.19. The molecule has 120 valence electrons. The van der Waals surface area contributed by atoms with Gasteiger partial charge >= 0.3 is 0 Å². The standard InChI is InChI=1S/C13H14N2O.C2H4F3N/c14-12-8-4-5-9-13(12)15-16-10-11-6-2-1-3-7-11;3-1-2-6(4)5/h1-9,15H,10,14H2;1-2H2. The Morgan fingerprint density at radius 2 is 1.64 bits per heavy atom. The summed E-state index contributed by atoms with van der Waals surface area (Å²) >= 11 is 0. The first-order valence-electron chi connectivity index (χ1n) is 6.54. The van der Waals surface area contributed by atoms with Crippen molar-refractivity contribution in [2.45, 2.75) is 6.61 Å². The van der Waals surface area contributed by atoms with E-state index in [2.05, 4.69) is 5.48 Å². The minimum absolute atomic E-state index is 0.509. The maximum absolute atomic E-state index is 10.7. The van der Waals surface area contributed by atoms with Gasteiger partial charge < -0.3 is 5.73 Å². The first kappa shape index (κ1) is 17.8. The Morgan fingerprint density at radius 3 is 2.18 bits per heavy atom. The molecule has 2 aromatic rings.